The number of hydrogen-bond acceptors (Lipinski definition) is 4. The van der Waals surface area contributed by atoms with E-state index in [1.807, 2.05) is 0 Å². The van der Waals surface area contributed by atoms with Crippen LogP contribution in [0.5, 0.6) is 0 Å². The van der Waals surface area contributed by atoms with E-state index in [0.717, 1.165) is 26.1 Å². The van der Waals surface area contributed by atoms with Gasteiger partial charge in [0.2, 0.25) is 0 Å². The molecule has 1 aliphatic heterocycles. The van der Waals surface area contributed by atoms with Gasteiger partial charge in [0.15, 0.2) is 0 Å². The van der Waals surface area contributed by atoms with Crippen LogP contribution in [0.4, 0.5) is 0 Å². The molecule has 7 heteroatoms. The topological polar surface area (TPSA) is 61.9 Å². The molecule has 18 heavy (non-hydrogen) atoms. The van der Waals surface area contributed by atoms with E-state index < -0.39 is 10.2 Å². The van der Waals surface area contributed by atoms with Crippen LogP contribution < -0.4 is 4.72 Å². The Hall–Kier alpha value is -0.210. The van der Waals surface area contributed by atoms with Gasteiger partial charge in [-0.05, 0) is 26.8 Å². The zero-order chi connectivity index (χ0) is 13.8. The molecule has 1 heterocycles. The van der Waals surface area contributed by atoms with Crippen molar-refractivity contribution in [2.75, 3.05) is 40.3 Å². The van der Waals surface area contributed by atoms with Gasteiger partial charge in [-0.2, -0.15) is 12.7 Å². The summed E-state index contributed by atoms with van der Waals surface area (Å²) in [4.78, 5) is 2.32. The molecule has 6 nitrogen and oxygen atoms in total. The fourth-order valence-corrected chi connectivity index (χ4v) is 2.76. The third kappa shape index (κ3) is 5.19. The number of rotatable bonds is 6. The molecule has 0 aromatic carbocycles. The minimum absolute atomic E-state index is 0.257. The lowest BCUT2D eigenvalue weighted by Crippen LogP contribution is -2.46. The summed E-state index contributed by atoms with van der Waals surface area (Å²) >= 11 is 0. The second kappa shape index (κ2) is 6.81. The molecule has 0 radical (unpaired) electrons. The Kier molecular flexibility index (Phi) is 6.00. The number of hydrogen-bond donors (Lipinski definition) is 1. The molecule has 1 aliphatic rings. The van der Waals surface area contributed by atoms with Crippen molar-refractivity contribution in [1.29, 1.82) is 0 Å². The maximum Gasteiger partial charge on any atom is 0.278 e. The number of ether oxygens (including phenoxy) is 1. The van der Waals surface area contributed by atoms with Gasteiger partial charge in [-0.15, -0.1) is 0 Å². The molecule has 1 rings (SSSR count). The van der Waals surface area contributed by atoms with Crippen molar-refractivity contribution in [1.82, 2.24) is 13.9 Å². The summed E-state index contributed by atoms with van der Waals surface area (Å²) in [5, 5.41) is 0. The third-order valence-electron chi connectivity index (χ3n) is 2.91. The summed E-state index contributed by atoms with van der Waals surface area (Å²) in [7, 11) is -0.240. The van der Waals surface area contributed by atoms with Crippen LogP contribution in [0.25, 0.3) is 0 Å². The summed E-state index contributed by atoms with van der Waals surface area (Å²) in [5.41, 5.74) is 0. The number of morpholine rings is 1. The first-order chi connectivity index (χ1) is 8.31. The van der Waals surface area contributed by atoms with Gasteiger partial charge in [-0.1, -0.05) is 0 Å². The normalized spacial score (nSPS) is 26.7. The Labute approximate surface area is 110 Å². The summed E-state index contributed by atoms with van der Waals surface area (Å²) in [6, 6.07) is 0. The largest absolute Gasteiger partial charge is 0.373 e. The monoisotopic (exact) mass is 279 g/mol. The molecule has 0 aromatic heterocycles. The summed E-state index contributed by atoms with van der Waals surface area (Å²) in [5.74, 6) is 0. The first kappa shape index (κ1) is 15.8. The molecule has 0 spiro atoms. The molecule has 1 saturated heterocycles. The highest BCUT2D eigenvalue weighted by Gasteiger charge is 2.21. The predicted molar refractivity (Wildman–Crippen MR) is 71.7 cm³/mol. The van der Waals surface area contributed by atoms with E-state index in [1.54, 1.807) is 0 Å². The second-order valence-electron chi connectivity index (χ2n) is 5.05. The van der Waals surface area contributed by atoms with Crippen molar-refractivity contribution in [3.05, 3.63) is 0 Å². The first-order valence-electron chi connectivity index (χ1n) is 6.36. The van der Waals surface area contributed by atoms with Crippen LogP contribution in [0.15, 0.2) is 0 Å². The van der Waals surface area contributed by atoms with E-state index in [1.165, 1.54) is 18.4 Å². The Morgan fingerprint density at radius 2 is 1.83 bits per heavy atom. The van der Waals surface area contributed by atoms with Gasteiger partial charge < -0.3 is 4.74 Å². The van der Waals surface area contributed by atoms with Crippen molar-refractivity contribution in [3.63, 3.8) is 0 Å². The predicted octanol–water partition coefficient (Wildman–Crippen LogP) is -0.118. The van der Waals surface area contributed by atoms with E-state index in [2.05, 4.69) is 23.5 Å². The molecular formula is C11H25N3O3S. The Morgan fingerprint density at radius 1 is 1.28 bits per heavy atom. The molecule has 1 N–H and O–H groups in total. The molecule has 108 valence electrons. The van der Waals surface area contributed by atoms with Crippen LogP contribution >= 0.6 is 0 Å². The summed E-state index contributed by atoms with van der Waals surface area (Å²) in [6.07, 6.45) is 1.33. The van der Waals surface area contributed by atoms with Gasteiger partial charge in [-0.25, -0.2) is 4.72 Å². The first-order valence-corrected chi connectivity index (χ1v) is 7.80. The Morgan fingerprint density at radius 3 is 2.33 bits per heavy atom. The van der Waals surface area contributed by atoms with Crippen molar-refractivity contribution in [2.24, 2.45) is 0 Å². The van der Waals surface area contributed by atoms with Crippen LogP contribution in [-0.2, 0) is 14.9 Å². The van der Waals surface area contributed by atoms with Crippen LogP contribution in [0, 0.1) is 0 Å². The van der Waals surface area contributed by atoms with Crippen LogP contribution in [0.3, 0.4) is 0 Å². The molecule has 0 aromatic rings. The maximum absolute atomic E-state index is 11.5. The van der Waals surface area contributed by atoms with E-state index in [4.69, 9.17) is 4.74 Å². The van der Waals surface area contributed by atoms with E-state index in [0.29, 0.717) is 6.54 Å². The van der Waals surface area contributed by atoms with E-state index >= 15 is 0 Å². The maximum atomic E-state index is 11.5. The average molecular weight is 279 g/mol. The van der Waals surface area contributed by atoms with Gasteiger partial charge in [0.1, 0.15) is 0 Å². The van der Waals surface area contributed by atoms with Gasteiger partial charge >= 0.3 is 0 Å². The molecular weight excluding hydrogens is 254 g/mol. The smallest absolute Gasteiger partial charge is 0.278 e. The lowest BCUT2D eigenvalue weighted by Gasteiger charge is -2.35. The Bertz CT molecular complexity index is 335. The van der Waals surface area contributed by atoms with Crippen molar-refractivity contribution < 1.29 is 13.2 Å². The van der Waals surface area contributed by atoms with E-state index in [9.17, 15) is 8.42 Å². The lowest BCUT2D eigenvalue weighted by molar-refractivity contribution is -0.0679. The van der Waals surface area contributed by atoms with Crippen LogP contribution in [0.1, 0.15) is 20.3 Å². The van der Waals surface area contributed by atoms with Gasteiger partial charge in [0.05, 0.1) is 12.2 Å². The highest BCUT2D eigenvalue weighted by Crippen LogP contribution is 2.10. The third-order valence-corrected chi connectivity index (χ3v) is 4.44. The SMILES string of the molecule is CC1CN(CCCNS(=O)(=O)N(C)C)CC(C)O1. The minimum atomic E-state index is -3.28. The standard InChI is InChI=1S/C11H25N3O3S/c1-10-8-14(9-11(2)17-10)7-5-6-12-18(15,16)13(3)4/h10-12H,5-9H2,1-4H3. The molecule has 0 aliphatic carbocycles. The molecule has 1 fully saturated rings. The summed E-state index contributed by atoms with van der Waals surface area (Å²) < 4.78 is 32.3. The Balaban J connectivity index is 2.22. The zero-order valence-corrected chi connectivity index (χ0v) is 12.5. The molecule has 0 bridgehead atoms. The molecule has 0 saturated carbocycles. The average Bonchev–Trinajstić information content (AvgIpc) is 2.23. The van der Waals surface area contributed by atoms with Crippen molar-refractivity contribution in [2.45, 2.75) is 32.5 Å². The van der Waals surface area contributed by atoms with Gasteiger partial charge in [0, 0.05) is 33.7 Å². The lowest BCUT2D eigenvalue weighted by atomic mass is 10.2. The van der Waals surface area contributed by atoms with E-state index in [-0.39, 0.29) is 12.2 Å². The fraction of sp³-hybridized carbons (Fsp3) is 1.00. The quantitative estimate of drug-likeness (QED) is 0.689. The molecule has 2 unspecified atom stereocenters. The van der Waals surface area contributed by atoms with Crippen molar-refractivity contribution >= 4 is 10.2 Å². The number of nitrogens with one attached hydrogen (secondary N) is 1. The fourth-order valence-electron chi connectivity index (χ4n) is 2.10. The zero-order valence-electron chi connectivity index (χ0n) is 11.7. The molecule has 0 amide bonds. The van der Waals surface area contributed by atoms with Crippen molar-refractivity contribution in [3.8, 4) is 0 Å². The second-order valence-corrected chi connectivity index (χ2v) is 7.02. The van der Waals surface area contributed by atoms with Gasteiger partial charge in [0.25, 0.3) is 10.2 Å². The highest BCUT2D eigenvalue weighted by atomic mass is 32.2. The molecule has 2 atom stereocenters. The van der Waals surface area contributed by atoms with Gasteiger partial charge in [-0.3, -0.25) is 4.90 Å². The highest BCUT2D eigenvalue weighted by molar-refractivity contribution is 7.87. The summed E-state index contributed by atoms with van der Waals surface area (Å²) in [6.45, 7) is 7.35. The van der Waals surface area contributed by atoms with Crippen LogP contribution in [-0.4, -0.2) is 70.1 Å². The van der Waals surface area contributed by atoms with Crippen LogP contribution in [0.2, 0.25) is 0 Å². The minimum Gasteiger partial charge on any atom is -0.373 e. The number of nitrogens with zero attached hydrogens (tertiary/aromatic N) is 2.